The van der Waals surface area contributed by atoms with Gasteiger partial charge in [-0.2, -0.15) is 0 Å². The average Bonchev–Trinajstić information content (AvgIpc) is 2.87. The van der Waals surface area contributed by atoms with Crippen molar-refractivity contribution in [3.8, 4) is 28.5 Å². The summed E-state index contributed by atoms with van der Waals surface area (Å²) in [4.78, 5) is 16.9. The third-order valence-electron chi connectivity index (χ3n) is 5.88. The summed E-state index contributed by atoms with van der Waals surface area (Å²) in [5, 5.41) is 8.85. The molecule has 8 heteroatoms. The SMILES string of the molecule is COc1cc(-c2ccc(N3CCN(C(=O)c4ccccc4C)CC3)nn2)cc(OC)c1OC. The third-order valence-corrected chi connectivity index (χ3v) is 5.88. The monoisotopic (exact) mass is 448 g/mol. The minimum Gasteiger partial charge on any atom is -0.493 e. The average molecular weight is 449 g/mol. The first-order valence-electron chi connectivity index (χ1n) is 10.8. The Bertz CT molecular complexity index is 1100. The number of hydrogen-bond donors (Lipinski definition) is 0. The van der Waals surface area contributed by atoms with E-state index in [2.05, 4.69) is 15.1 Å². The Labute approximate surface area is 193 Å². The number of hydrogen-bond acceptors (Lipinski definition) is 7. The Morgan fingerprint density at radius 3 is 2.06 bits per heavy atom. The minimum absolute atomic E-state index is 0.0802. The van der Waals surface area contributed by atoms with Crippen molar-refractivity contribution in [1.82, 2.24) is 15.1 Å². The molecule has 0 bridgehead atoms. The van der Waals surface area contributed by atoms with Gasteiger partial charge in [0.25, 0.3) is 5.91 Å². The van der Waals surface area contributed by atoms with Gasteiger partial charge >= 0.3 is 0 Å². The number of aromatic nitrogens is 2. The van der Waals surface area contributed by atoms with Crippen molar-refractivity contribution in [3.05, 3.63) is 59.7 Å². The number of methoxy groups -OCH3 is 3. The molecular weight excluding hydrogens is 420 g/mol. The maximum Gasteiger partial charge on any atom is 0.254 e. The quantitative estimate of drug-likeness (QED) is 0.572. The van der Waals surface area contributed by atoms with E-state index in [1.54, 1.807) is 21.3 Å². The summed E-state index contributed by atoms with van der Waals surface area (Å²) in [5.41, 5.74) is 3.28. The van der Waals surface area contributed by atoms with Crippen LogP contribution in [0.5, 0.6) is 17.2 Å². The van der Waals surface area contributed by atoms with Gasteiger partial charge in [-0.05, 0) is 42.8 Å². The Morgan fingerprint density at radius 2 is 1.52 bits per heavy atom. The van der Waals surface area contributed by atoms with E-state index >= 15 is 0 Å². The third kappa shape index (κ3) is 4.55. The van der Waals surface area contributed by atoms with Gasteiger partial charge in [0.15, 0.2) is 17.3 Å². The molecule has 1 aromatic heterocycles. The first kappa shape index (κ1) is 22.4. The molecular formula is C25H28N4O4. The highest BCUT2D eigenvalue weighted by atomic mass is 16.5. The highest BCUT2D eigenvalue weighted by Gasteiger charge is 2.24. The van der Waals surface area contributed by atoms with E-state index in [4.69, 9.17) is 14.2 Å². The molecule has 8 nitrogen and oxygen atoms in total. The molecule has 3 aromatic rings. The number of rotatable bonds is 6. The van der Waals surface area contributed by atoms with Crippen LogP contribution in [0.15, 0.2) is 48.5 Å². The number of carbonyl (C=O) groups excluding carboxylic acids is 1. The van der Waals surface area contributed by atoms with Gasteiger partial charge < -0.3 is 24.0 Å². The fraction of sp³-hybridized carbons (Fsp3) is 0.320. The molecule has 4 rings (SSSR count). The van der Waals surface area contributed by atoms with Crippen LogP contribution in [0.3, 0.4) is 0 Å². The van der Waals surface area contributed by atoms with Crippen LogP contribution in [0.1, 0.15) is 15.9 Å². The smallest absolute Gasteiger partial charge is 0.254 e. The number of piperazine rings is 1. The number of carbonyl (C=O) groups is 1. The number of nitrogens with zero attached hydrogens (tertiary/aromatic N) is 4. The van der Waals surface area contributed by atoms with Gasteiger partial charge in [-0.25, -0.2) is 0 Å². The summed E-state index contributed by atoms with van der Waals surface area (Å²) >= 11 is 0. The van der Waals surface area contributed by atoms with Gasteiger partial charge in [0.1, 0.15) is 0 Å². The lowest BCUT2D eigenvalue weighted by Crippen LogP contribution is -2.49. The predicted molar refractivity (Wildman–Crippen MR) is 126 cm³/mol. The Morgan fingerprint density at radius 1 is 0.848 bits per heavy atom. The van der Waals surface area contributed by atoms with Gasteiger partial charge in [-0.15, -0.1) is 10.2 Å². The lowest BCUT2D eigenvalue weighted by Gasteiger charge is -2.35. The van der Waals surface area contributed by atoms with Crippen LogP contribution in [-0.2, 0) is 0 Å². The summed E-state index contributed by atoms with van der Waals surface area (Å²) in [5.74, 6) is 2.52. The zero-order chi connectivity index (χ0) is 23.4. The molecule has 1 aliphatic rings. The molecule has 0 radical (unpaired) electrons. The molecule has 1 amide bonds. The van der Waals surface area contributed by atoms with Crippen molar-refractivity contribution in [1.29, 1.82) is 0 Å². The first-order chi connectivity index (χ1) is 16.0. The Hall–Kier alpha value is -3.81. The zero-order valence-corrected chi connectivity index (χ0v) is 19.4. The van der Waals surface area contributed by atoms with Crippen LogP contribution in [0.25, 0.3) is 11.3 Å². The highest BCUT2D eigenvalue weighted by Crippen LogP contribution is 2.40. The maximum absolute atomic E-state index is 12.9. The van der Waals surface area contributed by atoms with Crippen molar-refractivity contribution in [2.75, 3.05) is 52.4 Å². The lowest BCUT2D eigenvalue weighted by atomic mass is 10.1. The van der Waals surface area contributed by atoms with Crippen molar-refractivity contribution in [3.63, 3.8) is 0 Å². The van der Waals surface area contributed by atoms with E-state index in [0.717, 1.165) is 22.5 Å². The molecule has 172 valence electrons. The minimum atomic E-state index is 0.0802. The van der Waals surface area contributed by atoms with Crippen LogP contribution in [0.4, 0.5) is 5.82 Å². The van der Waals surface area contributed by atoms with Crippen LogP contribution in [0, 0.1) is 6.92 Å². The molecule has 0 unspecified atom stereocenters. The number of ether oxygens (including phenoxy) is 3. The normalized spacial score (nSPS) is 13.6. The maximum atomic E-state index is 12.9. The van der Waals surface area contributed by atoms with E-state index in [1.165, 1.54) is 0 Å². The summed E-state index contributed by atoms with van der Waals surface area (Å²) in [6, 6.07) is 15.3. The van der Waals surface area contributed by atoms with Crippen molar-refractivity contribution in [2.45, 2.75) is 6.92 Å². The number of benzene rings is 2. The van der Waals surface area contributed by atoms with E-state index < -0.39 is 0 Å². The molecule has 0 atom stereocenters. The molecule has 2 heterocycles. The van der Waals surface area contributed by atoms with Crippen molar-refractivity contribution >= 4 is 11.7 Å². The summed E-state index contributed by atoms with van der Waals surface area (Å²) in [7, 11) is 4.74. The van der Waals surface area contributed by atoms with E-state index in [1.807, 2.05) is 60.4 Å². The number of anilines is 1. The molecule has 0 saturated carbocycles. The van der Waals surface area contributed by atoms with Crippen molar-refractivity contribution < 1.29 is 19.0 Å². The summed E-state index contributed by atoms with van der Waals surface area (Å²) in [6.45, 7) is 4.66. The molecule has 0 spiro atoms. The van der Waals surface area contributed by atoms with Crippen LogP contribution >= 0.6 is 0 Å². The topological polar surface area (TPSA) is 77.0 Å². The van der Waals surface area contributed by atoms with E-state index in [-0.39, 0.29) is 5.91 Å². The Kier molecular flexibility index (Phi) is 6.63. The fourth-order valence-electron chi connectivity index (χ4n) is 4.00. The van der Waals surface area contributed by atoms with Gasteiger partial charge in [0.2, 0.25) is 5.75 Å². The summed E-state index contributed by atoms with van der Waals surface area (Å²) < 4.78 is 16.3. The number of aryl methyl sites for hydroxylation is 1. The standard InChI is InChI=1S/C25H28N4O4/c1-17-7-5-6-8-19(17)25(30)29-13-11-28(12-14-29)23-10-9-20(26-27-23)18-15-21(31-2)24(33-4)22(16-18)32-3/h5-10,15-16H,11-14H2,1-4H3. The molecule has 1 aliphatic heterocycles. The highest BCUT2D eigenvalue weighted by molar-refractivity contribution is 5.95. The molecule has 2 aromatic carbocycles. The zero-order valence-electron chi connectivity index (χ0n) is 19.4. The van der Waals surface area contributed by atoms with Crippen LogP contribution in [-0.4, -0.2) is 68.5 Å². The second kappa shape index (κ2) is 9.77. The lowest BCUT2D eigenvalue weighted by molar-refractivity contribution is 0.0745. The molecule has 1 fully saturated rings. The predicted octanol–water partition coefficient (Wildman–Crippen LogP) is 3.44. The van der Waals surface area contributed by atoms with Crippen LogP contribution < -0.4 is 19.1 Å². The molecule has 1 saturated heterocycles. The number of amides is 1. The van der Waals surface area contributed by atoms with Crippen molar-refractivity contribution in [2.24, 2.45) is 0 Å². The van der Waals surface area contributed by atoms with E-state index in [0.29, 0.717) is 49.1 Å². The van der Waals surface area contributed by atoms with Gasteiger partial charge in [0.05, 0.1) is 27.0 Å². The second-order valence-electron chi connectivity index (χ2n) is 7.78. The molecule has 33 heavy (non-hydrogen) atoms. The van der Waals surface area contributed by atoms with E-state index in [9.17, 15) is 4.79 Å². The van der Waals surface area contributed by atoms with Gasteiger partial charge in [-0.1, -0.05) is 18.2 Å². The first-order valence-corrected chi connectivity index (χ1v) is 10.8. The molecule has 0 aliphatic carbocycles. The van der Waals surface area contributed by atoms with Gasteiger partial charge in [0, 0.05) is 37.3 Å². The molecule has 0 N–H and O–H groups in total. The Balaban J connectivity index is 1.46. The summed E-state index contributed by atoms with van der Waals surface area (Å²) in [6.07, 6.45) is 0. The van der Waals surface area contributed by atoms with Crippen LogP contribution in [0.2, 0.25) is 0 Å². The largest absolute Gasteiger partial charge is 0.493 e. The fourth-order valence-corrected chi connectivity index (χ4v) is 4.00. The van der Waals surface area contributed by atoms with Gasteiger partial charge in [-0.3, -0.25) is 4.79 Å². The second-order valence-corrected chi connectivity index (χ2v) is 7.78.